The summed E-state index contributed by atoms with van der Waals surface area (Å²) in [7, 11) is 0. The Morgan fingerprint density at radius 2 is 2.37 bits per heavy atom. The Morgan fingerprint density at radius 3 is 2.89 bits per heavy atom. The van der Waals surface area contributed by atoms with Crippen molar-refractivity contribution < 1.29 is 9.90 Å². The third-order valence-corrected chi connectivity index (χ3v) is 3.63. The van der Waals surface area contributed by atoms with Crippen LogP contribution in [0, 0.1) is 0 Å². The maximum absolute atomic E-state index is 12.4. The average molecular weight is 265 g/mol. The summed E-state index contributed by atoms with van der Waals surface area (Å²) in [5.41, 5.74) is 0. The minimum Gasteiger partial charge on any atom is -0.395 e. The molecule has 1 unspecified atom stereocenters. The number of aromatic nitrogens is 2. The Balaban J connectivity index is 1.97. The summed E-state index contributed by atoms with van der Waals surface area (Å²) in [5.74, 6) is 0.156. The smallest absolute Gasteiger partial charge is 0.224 e. The highest BCUT2D eigenvalue weighted by molar-refractivity contribution is 5.77. The van der Waals surface area contributed by atoms with Gasteiger partial charge in [0.2, 0.25) is 5.91 Å². The molecule has 0 aromatic carbocycles. The van der Waals surface area contributed by atoms with Gasteiger partial charge in [-0.2, -0.15) is 0 Å². The molecule has 1 N–H and O–H groups in total. The van der Waals surface area contributed by atoms with Gasteiger partial charge in [-0.1, -0.05) is 13.3 Å². The van der Waals surface area contributed by atoms with E-state index < -0.39 is 0 Å². The highest BCUT2D eigenvalue weighted by Crippen LogP contribution is 2.29. The first-order chi connectivity index (χ1) is 9.26. The van der Waals surface area contributed by atoms with Gasteiger partial charge in [-0.3, -0.25) is 4.79 Å². The van der Waals surface area contributed by atoms with E-state index in [1.807, 2.05) is 15.7 Å². The van der Waals surface area contributed by atoms with Gasteiger partial charge in [0, 0.05) is 37.4 Å². The van der Waals surface area contributed by atoms with Crippen LogP contribution in [0.3, 0.4) is 0 Å². The van der Waals surface area contributed by atoms with Crippen molar-refractivity contribution in [3.8, 4) is 0 Å². The Labute approximate surface area is 114 Å². The molecule has 0 aliphatic heterocycles. The van der Waals surface area contributed by atoms with Crippen molar-refractivity contribution in [2.45, 2.75) is 51.1 Å². The molecule has 0 spiro atoms. The molecular weight excluding hydrogens is 242 g/mol. The maximum Gasteiger partial charge on any atom is 0.224 e. The molecule has 1 aliphatic carbocycles. The fraction of sp³-hybridized carbons (Fsp3) is 0.714. The SMILES string of the molecule is CCCC(CC(=O)N(CCO)C1CC1)n1ccnc1. The van der Waals surface area contributed by atoms with E-state index >= 15 is 0 Å². The number of hydrogen-bond donors (Lipinski definition) is 1. The minimum atomic E-state index is 0.0474. The molecule has 1 aliphatic rings. The molecule has 106 valence electrons. The third kappa shape index (κ3) is 3.80. The minimum absolute atomic E-state index is 0.0474. The van der Waals surface area contributed by atoms with Gasteiger partial charge in [0.25, 0.3) is 0 Å². The van der Waals surface area contributed by atoms with E-state index in [2.05, 4.69) is 11.9 Å². The Kier molecular flexibility index (Phi) is 4.96. The van der Waals surface area contributed by atoms with E-state index in [1.165, 1.54) is 0 Å². The Hall–Kier alpha value is -1.36. The van der Waals surface area contributed by atoms with Crippen molar-refractivity contribution in [3.05, 3.63) is 18.7 Å². The maximum atomic E-state index is 12.4. The highest BCUT2D eigenvalue weighted by atomic mass is 16.3. The zero-order valence-electron chi connectivity index (χ0n) is 11.5. The zero-order valence-corrected chi connectivity index (χ0v) is 11.5. The fourth-order valence-corrected chi connectivity index (χ4v) is 2.50. The van der Waals surface area contributed by atoms with Crippen LogP contribution >= 0.6 is 0 Å². The van der Waals surface area contributed by atoms with Crippen LogP contribution in [0.2, 0.25) is 0 Å². The van der Waals surface area contributed by atoms with E-state index in [4.69, 9.17) is 5.11 Å². The number of imidazole rings is 1. The van der Waals surface area contributed by atoms with Crippen LogP contribution in [0.1, 0.15) is 45.1 Å². The van der Waals surface area contributed by atoms with Crippen LogP contribution in [0.25, 0.3) is 0 Å². The van der Waals surface area contributed by atoms with Gasteiger partial charge < -0.3 is 14.6 Å². The number of aliphatic hydroxyl groups is 1. The molecule has 5 nitrogen and oxygen atoms in total. The van der Waals surface area contributed by atoms with Crippen molar-refractivity contribution in [1.82, 2.24) is 14.5 Å². The number of nitrogens with zero attached hydrogens (tertiary/aromatic N) is 3. The Bertz CT molecular complexity index is 387. The number of amides is 1. The monoisotopic (exact) mass is 265 g/mol. The summed E-state index contributed by atoms with van der Waals surface area (Å²) in [6.45, 7) is 2.64. The summed E-state index contributed by atoms with van der Waals surface area (Å²) >= 11 is 0. The van der Waals surface area contributed by atoms with Crippen molar-refractivity contribution in [1.29, 1.82) is 0 Å². The van der Waals surface area contributed by atoms with Crippen molar-refractivity contribution in [2.75, 3.05) is 13.2 Å². The highest BCUT2D eigenvalue weighted by Gasteiger charge is 2.32. The normalized spacial score (nSPS) is 16.3. The first-order valence-electron chi connectivity index (χ1n) is 7.14. The number of carbonyl (C=O) groups excluding carboxylic acids is 1. The first kappa shape index (κ1) is 14.1. The van der Waals surface area contributed by atoms with Crippen LogP contribution in [0.15, 0.2) is 18.7 Å². The van der Waals surface area contributed by atoms with E-state index in [9.17, 15) is 4.79 Å². The third-order valence-electron chi connectivity index (χ3n) is 3.63. The van der Waals surface area contributed by atoms with Crippen LogP contribution in [0.5, 0.6) is 0 Å². The second kappa shape index (κ2) is 6.70. The molecule has 5 heteroatoms. The lowest BCUT2D eigenvalue weighted by Crippen LogP contribution is -2.36. The quantitative estimate of drug-likeness (QED) is 0.776. The summed E-state index contributed by atoms with van der Waals surface area (Å²) < 4.78 is 2.02. The molecule has 1 atom stereocenters. The van der Waals surface area contributed by atoms with Gasteiger partial charge in [-0.15, -0.1) is 0 Å². The molecule has 1 saturated carbocycles. The van der Waals surface area contributed by atoms with Crippen molar-refractivity contribution in [3.63, 3.8) is 0 Å². The average Bonchev–Trinajstić information content (AvgIpc) is 3.08. The predicted octanol–water partition coefficient (Wildman–Crippen LogP) is 1.60. The van der Waals surface area contributed by atoms with Crippen LogP contribution in [0.4, 0.5) is 0 Å². The van der Waals surface area contributed by atoms with E-state index in [0.29, 0.717) is 19.0 Å². The van der Waals surface area contributed by atoms with Gasteiger partial charge >= 0.3 is 0 Å². The van der Waals surface area contributed by atoms with Crippen molar-refractivity contribution in [2.24, 2.45) is 0 Å². The number of carbonyl (C=O) groups is 1. The zero-order chi connectivity index (χ0) is 13.7. The molecule has 1 aromatic heterocycles. The second-order valence-corrected chi connectivity index (χ2v) is 5.20. The van der Waals surface area contributed by atoms with Gasteiger partial charge in [0.15, 0.2) is 0 Å². The summed E-state index contributed by atoms with van der Waals surface area (Å²) in [6.07, 6.45) is 10.1. The van der Waals surface area contributed by atoms with Gasteiger partial charge in [-0.25, -0.2) is 4.98 Å². The molecule has 19 heavy (non-hydrogen) atoms. The fourth-order valence-electron chi connectivity index (χ4n) is 2.50. The standard InChI is InChI=1S/C14H23N3O2/c1-2-3-13(16-7-6-15-11-16)10-14(19)17(8-9-18)12-4-5-12/h6-7,11-13,18H,2-5,8-10H2,1H3. The second-order valence-electron chi connectivity index (χ2n) is 5.20. The molecular formula is C14H23N3O2. The predicted molar refractivity (Wildman–Crippen MR) is 72.6 cm³/mol. The van der Waals surface area contributed by atoms with Gasteiger partial charge in [-0.05, 0) is 19.3 Å². The molecule has 0 saturated heterocycles. The topological polar surface area (TPSA) is 58.4 Å². The molecule has 1 amide bonds. The summed E-state index contributed by atoms with van der Waals surface area (Å²) in [5, 5.41) is 9.07. The Morgan fingerprint density at radius 1 is 1.58 bits per heavy atom. The number of aliphatic hydroxyl groups excluding tert-OH is 1. The van der Waals surface area contributed by atoms with Crippen molar-refractivity contribution >= 4 is 5.91 Å². The van der Waals surface area contributed by atoms with E-state index in [-0.39, 0.29) is 18.6 Å². The van der Waals surface area contributed by atoms with Crippen LogP contribution < -0.4 is 0 Å². The van der Waals surface area contributed by atoms with Crippen LogP contribution in [-0.2, 0) is 4.79 Å². The number of hydrogen-bond acceptors (Lipinski definition) is 3. The molecule has 0 radical (unpaired) electrons. The van der Waals surface area contributed by atoms with Gasteiger partial charge in [0.1, 0.15) is 0 Å². The number of rotatable bonds is 8. The van der Waals surface area contributed by atoms with Crippen LogP contribution in [-0.4, -0.2) is 44.7 Å². The first-order valence-corrected chi connectivity index (χ1v) is 7.14. The van der Waals surface area contributed by atoms with E-state index in [0.717, 1.165) is 25.7 Å². The molecule has 1 aromatic rings. The molecule has 2 rings (SSSR count). The summed E-state index contributed by atoms with van der Waals surface area (Å²) in [6, 6.07) is 0.546. The molecule has 1 fully saturated rings. The lowest BCUT2D eigenvalue weighted by Gasteiger charge is -2.25. The summed E-state index contributed by atoms with van der Waals surface area (Å²) in [4.78, 5) is 18.3. The van der Waals surface area contributed by atoms with E-state index in [1.54, 1.807) is 12.5 Å². The molecule has 0 bridgehead atoms. The van der Waals surface area contributed by atoms with Gasteiger partial charge in [0.05, 0.1) is 12.9 Å². The molecule has 1 heterocycles. The largest absolute Gasteiger partial charge is 0.395 e. The lowest BCUT2D eigenvalue weighted by atomic mass is 10.1. The lowest BCUT2D eigenvalue weighted by molar-refractivity contribution is -0.133.